The molecule has 2 heterocycles. The summed E-state index contributed by atoms with van der Waals surface area (Å²) >= 11 is 0. The van der Waals surface area contributed by atoms with Crippen LogP contribution in [-0.4, -0.2) is 48.4 Å². The van der Waals surface area contributed by atoms with Crippen LogP contribution in [-0.2, 0) is 19.0 Å². The number of imidazole rings is 1. The van der Waals surface area contributed by atoms with Gasteiger partial charge in [-0.3, -0.25) is 4.79 Å². The summed E-state index contributed by atoms with van der Waals surface area (Å²) in [5, 5.41) is 0. The molecule has 7 heteroatoms. The highest BCUT2D eigenvalue weighted by atomic mass is 16.6. The average molecular weight is 344 g/mol. The molecule has 1 unspecified atom stereocenters. The number of hydrogen-bond donors (Lipinski definition) is 0. The Morgan fingerprint density at radius 2 is 2.04 bits per heavy atom. The Labute approximate surface area is 145 Å². The molecule has 2 aromatic rings. The fourth-order valence-electron chi connectivity index (χ4n) is 2.77. The third kappa shape index (κ3) is 3.28. The van der Waals surface area contributed by atoms with Crippen LogP contribution in [0, 0.1) is 5.41 Å². The summed E-state index contributed by atoms with van der Waals surface area (Å²) in [4.78, 5) is 28.4. The number of methoxy groups -OCH3 is 1. The van der Waals surface area contributed by atoms with Crippen LogP contribution in [0.4, 0.5) is 0 Å². The van der Waals surface area contributed by atoms with E-state index in [0.717, 1.165) is 5.56 Å². The second kappa shape index (κ2) is 7.06. The number of carbonyl (C=O) groups is 2. The molecule has 7 nitrogen and oxygen atoms in total. The first-order valence-electron chi connectivity index (χ1n) is 7.97. The molecule has 0 amide bonds. The average Bonchev–Trinajstić information content (AvgIpc) is 3.10. The van der Waals surface area contributed by atoms with Gasteiger partial charge in [0.05, 0.1) is 38.9 Å². The summed E-state index contributed by atoms with van der Waals surface area (Å²) in [6, 6.07) is 9.71. The lowest BCUT2D eigenvalue weighted by atomic mass is 9.87. The van der Waals surface area contributed by atoms with Gasteiger partial charge in [0, 0.05) is 0 Å². The molecule has 1 aromatic carbocycles. The molecule has 1 aliphatic heterocycles. The third-order valence-corrected chi connectivity index (χ3v) is 4.43. The number of hydrogen-bond acceptors (Lipinski definition) is 6. The second-order valence-electron chi connectivity index (χ2n) is 6.11. The normalized spacial score (nSPS) is 16.6. The minimum atomic E-state index is -0.902. The largest absolute Gasteiger partial charge is 0.468 e. The minimum absolute atomic E-state index is 0.0761. The van der Waals surface area contributed by atoms with E-state index in [4.69, 9.17) is 14.2 Å². The summed E-state index contributed by atoms with van der Waals surface area (Å²) < 4.78 is 17.0. The maximum atomic E-state index is 12.5. The first-order valence-corrected chi connectivity index (χ1v) is 7.97. The van der Waals surface area contributed by atoms with Crippen LogP contribution in [0.25, 0.3) is 0 Å². The molecular formula is C18H20N2O5. The van der Waals surface area contributed by atoms with Gasteiger partial charge in [0.15, 0.2) is 0 Å². The quantitative estimate of drug-likeness (QED) is 0.744. The number of ether oxygens (including phenoxy) is 3. The standard InChI is InChI=1S/C18H20N2O5/c1-13(14-6-4-3-5-7-14)20-12-19-8-15(20)16(21)25-11-18(9-24-10-18)17(22)23-2/h3-8,12-13H,9-11H2,1-2H3. The maximum Gasteiger partial charge on any atom is 0.356 e. The van der Waals surface area contributed by atoms with Crippen molar-refractivity contribution in [1.29, 1.82) is 0 Å². The maximum absolute atomic E-state index is 12.5. The summed E-state index contributed by atoms with van der Waals surface area (Å²) in [6.45, 7) is 2.27. The van der Waals surface area contributed by atoms with Crippen LogP contribution in [0.3, 0.4) is 0 Å². The van der Waals surface area contributed by atoms with Crippen LogP contribution in [0.2, 0.25) is 0 Å². The fourth-order valence-corrected chi connectivity index (χ4v) is 2.77. The van der Waals surface area contributed by atoms with Crippen LogP contribution in [0.5, 0.6) is 0 Å². The van der Waals surface area contributed by atoms with E-state index in [2.05, 4.69) is 4.98 Å². The minimum Gasteiger partial charge on any atom is -0.468 e. The molecular weight excluding hydrogens is 324 g/mol. The predicted octanol–water partition coefficient (Wildman–Crippen LogP) is 1.84. The van der Waals surface area contributed by atoms with Crippen molar-refractivity contribution in [3.63, 3.8) is 0 Å². The monoisotopic (exact) mass is 344 g/mol. The number of aromatic nitrogens is 2. The number of esters is 2. The van der Waals surface area contributed by atoms with Gasteiger partial charge in [0.2, 0.25) is 0 Å². The Kier molecular flexibility index (Phi) is 4.85. The zero-order valence-corrected chi connectivity index (χ0v) is 14.2. The molecule has 1 saturated heterocycles. The molecule has 0 bridgehead atoms. The van der Waals surface area contributed by atoms with Crippen LogP contribution >= 0.6 is 0 Å². The summed E-state index contributed by atoms with van der Waals surface area (Å²) in [5.74, 6) is -0.965. The lowest BCUT2D eigenvalue weighted by molar-refractivity contribution is -0.190. The topological polar surface area (TPSA) is 79.7 Å². The van der Waals surface area contributed by atoms with E-state index in [1.807, 2.05) is 37.3 Å². The second-order valence-corrected chi connectivity index (χ2v) is 6.11. The molecule has 1 aromatic heterocycles. The zero-order chi connectivity index (χ0) is 17.9. The van der Waals surface area contributed by atoms with Crippen LogP contribution in [0.1, 0.15) is 29.0 Å². The van der Waals surface area contributed by atoms with Gasteiger partial charge in [0.25, 0.3) is 0 Å². The Hall–Kier alpha value is -2.67. The van der Waals surface area contributed by atoms with Gasteiger partial charge in [-0.2, -0.15) is 0 Å². The number of benzene rings is 1. The van der Waals surface area contributed by atoms with Gasteiger partial charge in [0.1, 0.15) is 17.7 Å². The zero-order valence-electron chi connectivity index (χ0n) is 14.2. The third-order valence-electron chi connectivity index (χ3n) is 4.43. The number of rotatable bonds is 6. The Morgan fingerprint density at radius 1 is 1.32 bits per heavy atom. The first-order chi connectivity index (χ1) is 12.1. The van der Waals surface area contributed by atoms with E-state index in [0.29, 0.717) is 5.69 Å². The van der Waals surface area contributed by atoms with Crippen molar-refractivity contribution in [2.75, 3.05) is 26.9 Å². The van der Waals surface area contributed by atoms with E-state index in [-0.39, 0.29) is 25.9 Å². The van der Waals surface area contributed by atoms with Gasteiger partial charge in [-0.15, -0.1) is 0 Å². The van der Waals surface area contributed by atoms with Gasteiger partial charge < -0.3 is 18.8 Å². The Balaban J connectivity index is 1.72. The Morgan fingerprint density at radius 3 is 2.64 bits per heavy atom. The molecule has 132 valence electrons. The molecule has 3 rings (SSSR count). The molecule has 1 fully saturated rings. The van der Waals surface area contributed by atoms with Crippen molar-refractivity contribution in [1.82, 2.24) is 9.55 Å². The highest BCUT2D eigenvalue weighted by Gasteiger charge is 2.48. The van der Waals surface area contributed by atoms with Gasteiger partial charge in [-0.1, -0.05) is 30.3 Å². The van der Waals surface area contributed by atoms with Crippen molar-refractivity contribution in [2.24, 2.45) is 5.41 Å². The molecule has 0 saturated carbocycles. The molecule has 0 aliphatic carbocycles. The fraction of sp³-hybridized carbons (Fsp3) is 0.389. The van der Waals surface area contributed by atoms with Crippen LogP contribution in [0.15, 0.2) is 42.9 Å². The number of nitrogens with zero attached hydrogens (tertiary/aromatic N) is 2. The van der Waals surface area contributed by atoms with E-state index in [9.17, 15) is 9.59 Å². The van der Waals surface area contributed by atoms with Crippen LogP contribution < -0.4 is 0 Å². The summed E-state index contributed by atoms with van der Waals surface area (Å²) in [7, 11) is 1.31. The van der Waals surface area contributed by atoms with Gasteiger partial charge in [-0.25, -0.2) is 9.78 Å². The van der Waals surface area contributed by atoms with E-state index < -0.39 is 17.4 Å². The smallest absolute Gasteiger partial charge is 0.356 e. The molecule has 0 spiro atoms. The van der Waals surface area contributed by atoms with E-state index in [1.165, 1.54) is 13.3 Å². The number of carbonyl (C=O) groups excluding carboxylic acids is 2. The molecule has 1 atom stereocenters. The van der Waals surface area contributed by atoms with Gasteiger partial charge in [-0.05, 0) is 12.5 Å². The summed E-state index contributed by atoms with van der Waals surface area (Å²) in [5.41, 5.74) is 0.477. The molecule has 0 radical (unpaired) electrons. The predicted molar refractivity (Wildman–Crippen MR) is 88.0 cm³/mol. The SMILES string of the molecule is COC(=O)C1(COC(=O)c2cncn2C(C)c2ccccc2)COC1. The molecule has 25 heavy (non-hydrogen) atoms. The van der Waals surface area contributed by atoms with Crippen molar-refractivity contribution in [3.8, 4) is 0 Å². The van der Waals surface area contributed by atoms with E-state index in [1.54, 1.807) is 10.9 Å². The highest BCUT2D eigenvalue weighted by Crippen LogP contribution is 2.30. The van der Waals surface area contributed by atoms with Crippen molar-refractivity contribution in [3.05, 3.63) is 54.1 Å². The molecule has 1 aliphatic rings. The van der Waals surface area contributed by atoms with Crippen molar-refractivity contribution >= 4 is 11.9 Å². The summed E-state index contributed by atoms with van der Waals surface area (Å²) in [6.07, 6.45) is 3.06. The van der Waals surface area contributed by atoms with Crippen molar-refractivity contribution in [2.45, 2.75) is 13.0 Å². The lowest BCUT2D eigenvalue weighted by Crippen LogP contribution is -2.53. The van der Waals surface area contributed by atoms with Crippen molar-refractivity contribution < 1.29 is 23.8 Å². The first kappa shape index (κ1) is 17.2. The Bertz CT molecular complexity index is 752. The highest BCUT2D eigenvalue weighted by molar-refractivity contribution is 5.88. The van der Waals surface area contributed by atoms with E-state index >= 15 is 0 Å². The lowest BCUT2D eigenvalue weighted by Gasteiger charge is -2.37. The van der Waals surface area contributed by atoms with Gasteiger partial charge >= 0.3 is 11.9 Å². The molecule has 0 N–H and O–H groups in total.